The molecule has 0 aliphatic heterocycles. The largest absolute Gasteiger partial charge is 0.481 e. The monoisotopic (exact) mass is 462 g/mol. The Morgan fingerprint density at radius 3 is 2.43 bits per heavy atom. The second kappa shape index (κ2) is 7.81. The summed E-state index contributed by atoms with van der Waals surface area (Å²) in [6, 6.07) is 9.16. The van der Waals surface area contributed by atoms with E-state index < -0.39 is 11.9 Å². The molecular weight excluding hydrogens is 455 g/mol. The molecule has 0 aliphatic carbocycles. The first-order valence-corrected chi connectivity index (χ1v) is 8.14. The van der Waals surface area contributed by atoms with Crippen LogP contribution in [-0.4, -0.2) is 23.7 Å². The molecule has 0 aromatic heterocycles. The minimum absolute atomic E-state index is 0.0514. The fourth-order valence-corrected chi connectivity index (χ4v) is 2.80. The number of esters is 1. The van der Waals surface area contributed by atoms with E-state index in [9.17, 15) is 9.59 Å². The van der Waals surface area contributed by atoms with E-state index in [0.717, 1.165) is 0 Å². The molecule has 23 heavy (non-hydrogen) atoms. The van der Waals surface area contributed by atoms with Gasteiger partial charge in [-0.15, -0.1) is 0 Å². The molecule has 0 unspecified atom stereocenters. The van der Waals surface area contributed by atoms with E-state index in [-0.39, 0.29) is 17.9 Å². The first kappa shape index (κ1) is 17.8. The van der Waals surface area contributed by atoms with E-state index in [1.807, 2.05) is 0 Å². The van der Waals surface area contributed by atoms with Gasteiger partial charge in [0.25, 0.3) is 0 Å². The third-order valence-corrected chi connectivity index (χ3v) is 3.98. The van der Waals surface area contributed by atoms with Crippen molar-refractivity contribution in [2.24, 2.45) is 0 Å². The lowest BCUT2D eigenvalue weighted by Gasteiger charge is -2.10. The average molecular weight is 464 g/mol. The molecule has 2 aromatic rings. The highest BCUT2D eigenvalue weighted by molar-refractivity contribution is 9.10. The van der Waals surface area contributed by atoms with Crippen LogP contribution in [0.1, 0.15) is 10.4 Å². The lowest BCUT2D eigenvalue weighted by atomic mass is 10.2. The van der Waals surface area contributed by atoms with E-state index in [1.165, 1.54) is 12.1 Å². The quantitative estimate of drug-likeness (QED) is 0.519. The second-order valence-electron chi connectivity index (χ2n) is 4.28. The molecule has 0 atom stereocenters. The van der Waals surface area contributed by atoms with Crippen molar-refractivity contribution in [3.8, 4) is 11.5 Å². The number of carboxylic acids is 1. The van der Waals surface area contributed by atoms with Gasteiger partial charge in [-0.1, -0.05) is 27.5 Å². The highest BCUT2D eigenvalue weighted by Gasteiger charge is 2.16. The summed E-state index contributed by atoms with van der Waals surface area (Å²) in [5, 5.41) is 9.63. The van der Waals surface area contributed by atoms with Crippen LogP contribution in [0.4, 0.5) is 0 Å². The van der Waals surface area contributed by atoms with Crippen molar-refractivity contribution in [3.05, 3.63) is 55.9 Å². The molecule has 2 rings (SSSR count). The molecule has 0 bridgehead atoms. The van der Waals surface area contributed by atoms with E-state index in [2.05, 4.69) is 31.9 Å². The van der Waals surface area contributed by atoms with Gasteiger partial charge in [-0.2, -0.15) is 0 Å². The van der Waals surface area contributed by atoms with Crippen molar-refractivity contribution in [1.29, 1.82) is 0 Å². The number of rotatable bonds is 5. The van der Waals surface area contributed by atoms with Crippen molar-refractivity contribution < 1.29 is 24.2 Å². The SMILES string of the molecule is O=C(COc1ccc(Cl)cc1Br)Oc1ccc(Br)cc1C(=O)O. The Labute approximate surface area is 153 Å². The summed E-state index contributed by atoms with van der Waals surface area (Å²) in [7, 11) is 0. The van der Waals surface area contributed by atoms with Crippen LogP contribution in [0, 0.1) is 0 Å². The molecule has 0 spiro atoms. The van der Waals surface area contributed by atoms with Crippen LogP contribution < -0.4 is 9.47 Å². The summed E-state index contributed by atoms with van der Waals surface area (Å²) in [5.41, 5.74) is -0.125. The number of carbonyl (C=O) groups is 2. The van der Waals surface area contributed by atoms with Gasteiger partial charge in [0.1, 0.15) is 17.1 Å². The highest BCUT2D eigenvalue weighted by atomic mass is 79.9. The molecule has 120 valence electrons. The zero-order chi connectivity index (χ0) is 17.0. The van der Waals surface area contributed by atoms with Gasteiger partial charge in [-0.25, -0.2) is 9.59 Å². The Balaban J connectivity index is 2.04. The van der Waals surface area contributed by atoms with E-state index in [0.29, 0.717) is 19.7 Å². The zero-order valence-electron chi connectivity index (χ0n) is 11.4. The van der Waals surface area contributed by atoms with Crippen molar-refractivity contribution in [2.45, 2.75) is 0 Å². The third-order valence-electron chi connectivity index (χ3n) is 2.64. The molecular formula is C15H9Br2ClO5. The minimum Gasteiger partial charge on any atom is -0.481 e. The van der Waals surface area contributed by atoms with Crippen molar-refractivity contribution in [1.82, 2.24) is 0 Å². The lowest BCUT2D eigenvalue weighted by Crippen LogP contribution is -2.19. The van der Waals surface area contributed by atoms with Crippen LogP contribution in [0.2, 0.25) is 5.02 Å². The number of carboxylic acid groups (broad SMARTS) is 1. The summed E-state index contributed by atoms with van der Waals surface area (Å²) in [5.74, 6) is -1.56. The molecule has 0 fully saturated rings. The number of carbonyl (C=O) groups excluding carboxylic acids is 1. The van der Waals surface area contributed by atoms with E-state index in [4.69, 9.17) is 26.2 Å². The Kier molecular flexibility index (Phi) is 6.04. The first-order chi connectivity index (χ1) is 10.9. The Morgan fingerprint density at radius 2 is 1.78 bits per heavy atom. The van der Waals surface area contributed by atoms with Gasteiger partial charge < -0.3 is 14.6 Å². The number of hydrogen-bond acceptors (Lipinski definition) is 4. The van der Waals surface area contributed by atoms with Gasteiger partial charge in [-0.05, 0) is 52.3 Å². The summed E-state index contributed by atoms with van der Waals surface area (Å²) < 4.78 is 11.5. The van der Waals surface area contributed by atoms with Crippen LogP contribution in [0.25, 0.3) is 0 Å². The lowest BCUT2D eigenvalue weighted by molar-refractivity contribution is -0.136. The molecule has 8 heteroatoms. The number of halogens is 3. The van der Waals surface area contributed by atoms with Gasteiger partial charge in [0.15, 0.2) is 6.61 Å². The van der Waals surface area contributed by atoms with Crippen molar-refractivity contribution in [3.63, 3.8) is 0 Å². The van der Waals surface area contributed by atoms with Gasteiger partial charge in [0.2, 0.25) is 0 Å². The fraction of sp³-hybridized carbons (Fsp3) is 0.0667. The van der Waals surface area contributed by atoms with E-state index in [1.54, 1.807) is 24.3 Å². The predicted octanol–water partition coefficient (Wildman–Crippen LogP) is 4.55. The van der Waals surface area contributed by atoms with Gasteiger partial charge in [-0.3, -0.25) is 0 Å². The molecule has 0 radical (unpaired) electrons. The van der Waals surface area contributed by atoms with Gasteiger partial charge in [0.05, 0.1) is 4.47 Å². The maximum absolute atomic E-state index is 11.8. The number of hydrogen-bond donors (Lipinski definition) is 1. The molecule has 0 amide bonds. The summed E-state index contributed by atoms with van der Waals surface area (Å²) in [6.45, 7) is -0.380. The Morgan fingerprint density at radius 1 is 1.09 bits per heavy atom. The summed E-state index contributed by atoms with van der Waals surface area (Å²) in [6.07, 6.45) is 0. The van der Waals surface area contributed by atoms with Gasteiger partial charge in [0, 0.05) is 9.50 Å². The Bertz CT molecular complexity index is 764. The number of ether oxygens (including phenoxy) is 2. The predicted molar refractivity (Wildman–Crippen MR) is 91.4 cm³/mol. The Hall–Kier alpha value is -1.57. The smallest absolute Gasteiger partial charge is 0.349 e. The van der Waals surface area contributed by atoms with Crippen LogP contribution in [0.15, 0.2) is 45.3 Å². The molecule has 0 saturated carbocycles. The maximum Gasteiger partial charge on any atom is 0.349 e. The third kappa shape index (κ3) is 4.95. The molecule has 2 aromatic carbocycles. The second-order valence-corrected chi connectivity index (χ2v) is 6.49. The standard InChI is InChI=1S/C15H9Br2ClO5/c16-8-1-3-12(10(5-8)15(20)21)23-14(19)7-22-13-4-2-9(18)6-11(13)17/h1-6H,7H2,(H,20,21). The van der Waals surface area contributed by atoms with Crippen LogP contribution in [0.5, 0.6) is 11.5 Å². The van der Waals surface area contributed by atoms with Crippen molar-refractivity contribution >= 4 is 55.4 Å². The summed E-state index contributed by atoms with van der Waals surface area (Å²) >= 11 is 12.2. The van der Waals surface area contributed by atoms with Crippen LogP contribution >= 0.6 is 43.5 Å². The first-order valence-electron chi connectivity index (χ1n) is 6.18. The molecule has 5 nitrogen and oxygen atoms in total. The molecule has 1 N–H and O–H groups in total. The highest BCUT2D eigenvalue weighted by Crippen LogP contribution is 2.28. The molecule has 0 saturated heterocycles. The van der Waals surface area contributed by atoms with Crippen LogP contribution in [0.3, 0.4) is 0 Å². The molecule has 0 aliphatic rings. The van der Waals surface area contributed by atoms with Gasteiger partial charge >= 0.3 is 11.9 Å². The number of aromatic carboxylic acids is 1. The fourth-order valence-electron chi connectivity index (χ4n) is 1.64. The maximum atomic E-state index is 11.8. The normalized spacial score (nSPS) is 10.2. The number of benzene rings is 2. The van der Waals surface area contributed by atoms with E-state index >= 15 is 0 Å². The van der Waals surface area contributed by atoms with Crippen LogP contribution in [-0.2, 0) is 4.79 Å². The minimum atomic E-state index is -1.20. The zero-order valence-corrected chi connectivity index (χ0v) is 15.3. The average Bonchev–Trinajstić information content (AvgIpc) is 2.48. The summed E-state index contributed by atoms with van der Waals surface area (Å²) in [4.78, 5) is 23.0. The topological polar surface area (TPSA) is 72.8 Å². The van der Waals surface area contributed by atoms with Crippen molar-refractivity contribution in [2.75, 3.05) is 6.61 Å². The molecule has 0 heterocycles.